The van der Waals surface area contributed by atoms with Gasteiger partial charge in [-0.25, -0.2) is 4.79 Å². The zero-order valence-corrected chi connectivity index (χ0v) is 15.2. The van der Waals surface area contributed by atoms with Crippen LogP contribution in [0.25, 0.3) is 0 Å². The number of hydrogen-bond donors (Lipinski definition) is 1. The molecule has 26 heavy (non-hydrogen) atoms. The largest absolute Gasteiger partial charge is 0.494 e. The number of unbranched alkanes of at least 4 members (excludes halogenated alkanes) is 1. The molecule has 0 spiro atoms. The molecule has 0 bridgehead atoms. The first kappa shape index (κ1) is 19.5. The van der Waals surface area contributed by atoms with Gasteiger partial charge in [0.2, 0.25) is 0 Å². The molecule has 1 amide bonds. The van der Waals surface area contributed by atoms with E-state index in [1.807, 2.05) is 19.9 Å². The lowest BCUT2D eigenvalue weighted by atomic mass is 10.2. The highest BCUT2D eigenvalue weighted by Crippen LogP contribution is 2.15. The molecule has 0 aliphatic rings. The van der Waals surface area contributed by atoms with E-state index in [9.17, 15) is 9.59 Å². The molecule has 0 aliphatic carbocycles. The van der Waals surface area contributed by atoms with Gasteiger partial charge in [-0.3, -0.25) is 4.79 Å². The van der Waals surface area contributed by atoms with Crippen molar-refractivity contribution in [1.29, 1.82) is 0 Å². The smallest absolute Gasteiger partial charge is 0.340 e. The van der Waals surface area contributed by atoms with Crippen LogP contribution in [-0.2, 0) is 4.74 Å². The molecule has 0 saturated carbocycles. The Labute approximate surface area is 154 Å². The van der Waals surface area contributed by atoms with Gasteiger partial charge in [0.1, 0.15) is 5.75 Å². The van der Waals surface area contributed by atoms with Gasteiger partial charge < -0.3 is 14.8 Å². The quantitative estimate of drug-likeness (QED) is 0.541. The molecule has 0 aliphatic heterocycles. The van der Waals surface area contributed by atoms with E-state index in [0.29, 0.717) is 29.9 Å². The average Bonchev–Trinajstić information content (AvgIpc) is 2.67. The van der Waals surface area contributed by atoms with E-state index in [2.05, 4.69) is 5.32 Å². The van der Waals surface area contributed by atoms with E-state index in [1.165, 1.54) is 0 Å². The van der Waals surface area contributed by atoms with E-state index in [-0.39, 0.29) is 5.91 Å². The lowest BCUT2D eigenvalue weighted by molar-refractivity contribution is 0.0188. The standard InChI is InChI=1S/C21H25NO4/c1-3-5-14-19(22-20(23)16-10-7-6-8-11-16)26-21(24)17-12-9-13-18(15-17)25-4-2/h6-13,15,19H,3-5,14H2,1-2H3,(H,22,23). The number of benzene rings is 2. The van der Waals surface area contributed by atoms with Crippen LogP contribution < -0.4 is 10.1 Å². The number of nitrogens with one attached hydrogen (secondary N) is 1. The summed E-state index contributed by atoms with van der Waals surface area (Å²) in [6, 6.07) is 15.7. The highest BCUT2D eigenvalue weighted by molar-refractivity contribution is 5.94. The fourth-order valence-corrected chi connectivity index (χ4v) is 2.45. The zero-order valence-electron chi connectivity index (χ0n) is 15.2. The predicted octanol–water partition coefficient (Wildman–Crippen LogP) is 4.19. The average molecular weight is 355 g/mol. The van der Waals surface area contributed by atoms with Crippen molar-refractivity contribution in [3.05, 3.63) is 65.7 Å². The molecule has 1 atom stereocenters. The molecule has 5 heteroatoms. The summed E-state index contributed by atoms with van der Waals surface area (Å²) in [7, 11) is 0. The normalized spacial score (nSPS) is 11.5. The van der Waals surface area contributed by atoms with Crippen LogP contribution in [0.5, 0.6) is 5.75 Å². The lowest BCUT2D eigenvalue weighted by Crippen LogP contribution is -2.38. The van der Waals surface area contributed by atoms with Gasteiger partial charge in [-0.15, -0.1) is 0 Å². The number of rotatable bonds is 9. The van der Waals surface area contributed by atoms with Crippen LogP contribution in [0.3, 0.4) is 0 Å². The number of esters is 1. The second-order valence-corrected chi connectivity index (χ2v) is 5.84. The van der Waals surface area contributed by atoms with E-state index in [4.69, 9.17) is 9.47 Å². The maximum atomic E-state index is 12.5. The Morgan fingerprint density at radius 3 is 2.42 bits per heavy atom. The second kappa shape index (κ2) is 10.2. The number of amides is 1. The fourth-order valence-electron chi connectivity index (χ4n) is 2.45. The molecule has 1 N–H and O–H groups in total. The molecule has 1 unspecified atom stereocenters. The molecule has 2 rings (SSSR count). The summed E-state index contributed by atoms with van der Waals surface area (Å²) in [5.41, 5.74) is 0.926. The van der Waals surface area contributed by atoms with Crippen LogP contribution in [0.1, 0.15) is 53.8 Å². The third-order valence-electron chi connectivity index (χ3n) is 3.78. The molecule has 2 aromatic carbocycles. The van der Waals surface area contributed by atoms with Crippen molar-refractivity contribution in [1.82, 2.24) is 5.32 Å². The molecule has 2 aromatic rings. The van der Waals surface area contributed by atoms with Crippen LogP contribution >= 0.6 is 0 Å². The van der Waals surface area contributed by atoms with E-state index >= 15 is 0 Å². The molecule has 138 valence electrons. The molecule has 5 nitrogen and oxygen atoms in total. The highest BCUT2D eigenvalue weighted by Gasteiger charge is 2.19. The summed E-state index contributed by atoms with van der Waals surface area (Å²) >= 11 is 0. The van der Waals surface area contributed by atoms with Crippen LogP contribution in [0.2, 0.25) is 0 Å². The minimum Gasteiger partial charge on any atom is -0.494 e. The first-order valence-corrected chi connectivity index (χ1v) is 8.93. The van der Waals surface area contributed by atoms with Gasteiger partial charge in [-0.1, -0.05) is 37.6 Å². The van der Waals surface area contributed by atoms with Crippen molar-refractivity contribution >= 4 is 11.9 Å². The van der Waals surface area contributed by atoms with Gasteiger partial charge in [-0.2, -0.15) is 0 Å². The van der Waals surface area contributed by atoms with Crippen molar-refractivity contribution in [2.75, 3.05) is 6.61 Å². The van der Waals surface area contributed by atoms with Crippen molar-refractivity contribution in [2.24, 2.45) is 0 Å². The predicted molar refractivity (Wildman–Crippen MR) is 100 cm³/mol. The zero-order chi connectivity index (χ0) is 18.8. The van der Waals surface area contributed by atoms with Crippen LogP contribution in [-0.4, -0.2) is 24.7 Å². The maximum absolute atomic E-state index is 12.5. The highest BCUT2D eigenvalue weighted by atomic mass is 16.6. The number of ether oxygens (including phenoxy) is 2. The van der Waals surface area contributed by atoms with Crippen molar-refractivity contribution in [3.8, 4) is 5.75 Å². The summed E-state index contributed by atoms with van der Waals surface area (Å²) in [6.45, 7) is 4.44. The summed E-state index contributed by atoms with van der Waals surface area (Å²) in [5, 5.41) is 2.80. The molecule has 0 fully saturated rings. The SMILES string of the molecule is CCCCC(NC(=O)c1ccccc1)OC(=O)c1cccc(OCC)c1. The van der Waals surface area contributed by atoms with Crippen molar-refractivity contribution in [2.45, 2.75) is 39.3 Å². The number of carbonyl (C=O) groups is 2. The minimum absolute atomic E-state index is 0.262. The fraction of sp³-hybridized carbons (Fsp3) is 0.333. The lowest BCUT2D eigenvalue weighted by Gasteiger charge is -2.19. The Bertz CT molecular complexity index is 715. The molecular formula is C21H25NO4. The molecule has 0 radical (unpaired) electrons. The Balaban J connectivity index is 2.05. The third kappa shape index (κ3) is 5.92. The Kier molecular flexibility index (Phi) is 7.68. The van der Waals surface area contributed by atoms with Gasteiger partial charge in [0.05, 0.1) is 12.2 Å². The molecule has 0 aromatic heterocycles. The molecule has 0 saturated heterocycles. The van der Waals surface area contributed by atoms with Gasteiger partial charge in [0.15, 0.2) is 6.23 Å². The molecule has 0 heterocycles. The van der Waals surface area contributed by atoms with Crippen LogP contribution in [0, 0.1) is 0 Å². The van der Waals surface area contributed by atoms with E-state index in [0.717, 1.165) is 12.8 Å². The number of hydrogen-bond acceptors (Lipinski definition) is 4. The van der Waals surface area contributed by atoms with Gasteiger partial charge >= 0.3 is 5.97 Å². The topological polar surface area (TPSA) is 64.6 Å². The first-order valence-electron chi connectivity index (χ1n) is 8.93. The summed E-state index contributed by atoms with van der Waals surface area (Å²) in [4.78, 5) is 24.8. The van der Waals surface area contributed by atoms with Crippen molar-refractivity contribution < 1.29 is 19.1 Å². The monoisotopic (exact) mass is 355 g/mol. The van der Waals surface area contributed by atoms with E-state index < -0.39 is 12.2 Å². The Morgan fingerprint density at radius 1 is 1.00 bits per heavy atom. The maximum Gasteiger partial charge on any atom is 0.340 e. The van der Waals surface area contributed by atoms with E-state index in [1.54, 1.807) is 48.5 Å². The van der Waals surface area contributed by atoms with Crippen LogP contribution in [0.4, 0.5) is 0 Å². The third-order valence-corrected chi connectivity index (χ3v) is 3.78. The van der Waals surface area contributed by atoms with Crippen LogP contribution in [0.15, 0.2) is 54.6 Å². The van der Waals surface area contributed by atoms with Crippen molar-refractivity contribution in [3.63, 3.8) is 0 Å². The summed E-state index contributed by atoms with van der Waals surface area (Å²) in [6.07, 6.45) is 1.67. The minimum atomic E-state index is -0.675. The first-order chi connectivity index (χ1) is 12.6. The van der Waals surface area contributed by atoms with Gasteiger partial charge in [-0.05, 0) is 43.7 Å². The Morgan fingerprint density at radius 2 is 1.73 bits per heavy atom. The van der Waals surface area contributed by atoms with Gasteiger partial charge in [0.25, 0.3) is 5.91 Å². The van der Waals surface area contributed by atoms with Gasteiger partial charge in [0, 0.05) is 12.0 Å². The Hall–Kier alpha value is -2.82. The summed E-state index contributed by atoms with van der Waals surface area (Å²) < 4.78 is 10.9. The molecular weight excluding hydrogens is 330 g/mol. The number of carbonyl (C=O) groups excluding carboxylic acids is 2. The second-order valence-electron chi connectivity index (χ2n) is 5.84. The summed E-state index contributed by atoms with van der Waals surface area (Å²) in [5.74, 6) is -0.135.